The van der Waals surface area contributed by atoms with Crippen LogP contribution in [0.25, 0.3) is 11.1 Å². The van der Waals surface area contributed by atoms with Crippen molar-refractivity contribution in [3.63, 3.8) is 0 Å². The third-order valence-electron chi connectivity index (χ3n) is 4.60. The lowest BCUT2D eigenvalue weighted by Gasteiger charge is -2.23. The zero-order chi connectivity index (χ0) is 22.1. The van der Waals surface area contributed by atoms with Gasteiger partial charge in [-0.15, -0.1) is 0 Å². The molecule has 160 valence electrons. The van der Waals surface area contributed by atoms with Crippen LogP contribution in [-0.4, -0.2) is 59.1 Å². The van der Waals surface area contributed by atoms with E-state index in [1.807, 2.05) is 54.6 Å². The summed E-state index contributed by atoms with van der Waals surface area (Å²) < 4.78 is 0. The Morgan fingerprint density at radius 3 is 2.10 bits per heavy atom. The number of aliphatic hydroxyl groups is 2. The highest BCUT2D eigenvalue weighted by atomic mass is 16.3. The molecule has 8 heteroatoms. The first-order valence-electron chi connectivity index (χ1n) is 9.61. The van der Waals surface area contributed by atoms with E-state index in [0.717, 1.165) is 16.7 Å². The predicted molar refractivity (Wildman–Crippen MR) is 112 cm³/mol. The van der Waals surface area contributed by atoms with Crippen LogP contribution >= 0.6 is 0 Å². The van der Waals surface area contributed by atoms with E-state index in [1.54, 1.807) is 0 Å². The lowest BCUT2D eigenvalue weighted by molar-refractivity contribution is -0.133. The lowest BCUT2D eigenvalue weighted by atomic mass is 10.0. The van der Waals surface area contributed by atoms with Crippen molar-refractivity contribution in [1.82, 2.24) is 10.6 Å². The number of hydrogen-bond donors (Lipinski definition) is 5. The van der Waals surface area contributed by atoms with Gasteiger partial charge in [-0.25, -0.2) is 0 Å². The third kappa shape index (κ3) is 6.48. The molecule has 0 unspecified atom stereocenters. The Morgan fingerprint density at radius 1 is 0.967 bits per heavy atom. The van der Waals surface area contributed by atoms with Gasteiger partial charge >= 0.3 is 0 Å². The fourth-order valence-corrected chi connectivity index (χ4v) is 2.93. The van der Waals surface area contributed by atoms with Crippen LogP contribution in [0, 0.1) is 0 Å². The summed E-state index contributed by atoms with van der Waals surface area (Å²) in [6.45, 7) is 0.298. The second kappa shape index (κ2) is 11.2. The zero-order valence-electron chi connectivity index (χ0n) is 16.7. The van der Waals surface area contributed by atoms with Crippen LogP contribution in [0.1, 0.15) is 12.5 Å². The number of aliphatic hydroxyl groups excluding tert-OH is 2. The molecule has 8 nitrogen and oxygen atoms in total. The number of carbonyl (C=O) groups excluding carboxylic acids is 3. The second-order valence-electron chi connectivity index (χ2n) is 6.95. The summed E-state index contributed by atoms with van der Waals surface area (Å²) in [4.78, 5) is 36.3. The monoisotopic (exact) mass is 413 g/mol. The van der Waals surface area contributed by atoms with Gasteiger partial charge in [0.2, 0.25) is 11.8 Å². The Hall–Kier alpha value is -3.07. The van der Waals surface area contributed by atoms with Gasteiger partial charge in [-0.3, -0.25) is 14.4 Å². The van der Waals surface area contributed by atoms with Crippen molar-refractivity contribution in [2.75, 3.05) is 13.2 Å². The van der Waals surface area contributed by atoms with Gasteiger partial charge in [0.25, 0.3) is 0 Å². The number of Topliss-reactive ketones (excluding diaryl/α,β-unsaturated/α-hetero) is 1. The molecule has 2 aromatic rings. The van der Waals surface area contributed by atoms with Crippen molar-refractivity contribution >= 4 is 17.6 Å². The molecule has 0 heterocycles. The second-order valence-corrected chi connectivity index (χ2v) is 6.95. The molecule has 0 radical (unpaired) electrons. The Labute approximate surface area is 175 Å². The molecule has 0 spiro atoms. The highest BCUT2D eigenvalue weighted by Gasteiger charge is 2.28. The van der Waals surface area contributed by atoms with E-state index in [2.05, 4.69) is 10.6 Å². The molecule has 3 atom stereocenters. The highest BCUT2D eigenvalue weighted by molar-refractivity contribution is 5.93. The molecule has 2 rings (SSSR count). The molecule has 0 fully saturated rings. The number of carbonyl (C=O) groups is 3. The Bertz CT molecular complexity index is 853. The smallest absolute Gasteiger partial charge is 0.244 e. The molecule has 0 aromatic heterocycles. The van der Waals surface area contributed by atoms with Crippen molar-refractivity contribution in [3.05, 3.63) is 60.2 Å². The standard InChI is InChI=1S/C22H27N3O5/c1-14(27)21(19(28)13-26)25-22(30)18(12-23)24-20(29)11-15-7-9-17(10-8-15)16-5-3-2-4-6-16/h2-10,14,18,21,26-27H,11-13,23H2,1H3,(H,24,29)(H,25,30)/t14-,18+,21+/m1/s1. The van der Waals surface area contributed by atoms with E-state index in [4.69, 9.17) is 10.8 Å². The first kappa shape index (κ1) is 23.2. The SMILES string of the molecule is C[C@@H](O)[C@H](NC(=O)[C@H](CN)NC(=O)Cc1ccc(-c2ccccc2)cc1)C(=O)CO. The minimum absolute atomic E-state index is 0.0499. The largest absolute Gasteiger partial charge is 0.391 e. The Kier molecular flexibility index (Phi) is 8.67. The summed E-state index contributed by atoms with van der Waals surface area (Å²) in [5.41, 5.74) is 8.44. The van der Waals surface area contributed by atoms with Gasteiger partial charge in [0.05, 0.1) is 12.5 Å². The van der Waals surface area contributed by atoms with E-state index in [9.17, 15) is 19.5 Å². The normalized spacial score (nSPS) is 13.7. The fraction of sp³-hybridized carbons (Fsp3) is 0.318. The van der Waals surface area contributed by atoms with E-state index >= 15 is 0 Å². The van der Waals surface area contributed by atoms with E-state index in [0.29, 0.717) is 0 Å². The first-order chi connectivity index (χ1) is 14.3. The van der Waals surface area contributed by atoms with Gasteiger partial charge in [-0.05, 0) is 23.6 Å². The summed E-state index contributed by atoms with van der Waals surface area (Å²) in [6.07, 6.45) is -1.15. The summed E-state index contributed by atoms with van der Waals surface area (Å²) in [5.74, 6) is -1.85. The van der Waals surface area contributed by atoms with Crippen LogP contribution in [0.4, 0.5) is 0 Å². The molecule has 2 aromatic carbocycles. The molecule has 0 saturated carbocycles. The van der Waals surface area contributed by atoms with Gasteiger partial charge in [0.15, 0.2) is 5.78 Å². The summed E-state index contributed by atoms with van der Waals surface area (Å²) in [7, 11) is 0. The molecule has 0 saturated heterocycles. The number of amides is 2. The molecule has 6 N–H and O–H groups in total. The average Bonchev–Trinajstić information content (AvgIpc) is 2.76. The topological polar surface area (TPSA) is 142 Å². The summed E-state index contributed by atoms with van der Waals surface area (Å²) in [5, 5.41) is 23.4. The number of benzene rings is 2. The first-order valence-corrected chi connectivity index (χ1v) is 9.61. The molecule has 0 aliphatic heterocycles. The molecule has 0 bridgehead atoms. The number of nitrogens with one attached hydrogen (secondary N) is 2. The molecular weight excluding hydrogens is 386 g/mol. The molecule has 0 aliphatic carbocycles. The lowest BCUT2D eigenvalue weighted by Crippen LogP contribution is -2.57. The van der Waals surface area contributed by atoms with Crippen molar-refractivity contribution < 1.29 is 24.6 Å². The maximum atomic E-state index is 12.3. The molecular formula is C22H27N3O5. The van der Waals surface area contributed by atoms with Crippen LogP contribution in [0.5, 0.6) is 0 Å². The summed E-state index contributed by atoms with van der Waals surface area (Å²) in [6, 6.07) is 15.0. The van der Waals surface area contributed by atoms with Crippen molar-refractivity contribution in [2.45, 2.75) is 31.5 Å². The molecule has 2 amide bonds. The van der Waals surface area contributed by atoms with Crippen molar-refractivity contribution in [2.24, 2.45) is 5.73 Å². The third-order valence-corrected chi connectivity index (χ3v) is 4.60. The van der Waals surface area contributed by atoms with Crippen LogP contribution in [0.15, 0.2) is 54.6 Å². The number of rotatable bonds is 10. The van der Waals surface area contributed by atoms with Crippen LogP contribution in [0.3, 0.4) is 0 Å². The van der Waals surface area contributed by atoms with Crippen LogP contribution < -0.4 is 16.4 Å². The quantitative estimate of drug-likeness (QED) is 0.364. The van der Waals surface area contributed by atoms with Gasteiger partial charge in [0, 0.05) is 6.54 Å². The van der Waals surface area contributed by atoms with Gasteiger partial charge in [-0.2, -0.15) is 0 Å². The highest BCUT2D eigenvalue weighted by Crippen LogP contribution is 2.19. The maximum Gasteiger partial charge on any atom is 0.244 e. The van der Waals surface area contributed by atoms with Crippen LogP contribution in [0.2, 0.25) is 0 Å². The molecule has 30 heavy (non-hydrogen) atoms. The maximum absolute atomic E-state index is 12.3. The van der Waals surface area contributed by atoms with Gasteiger partial charge in [-0.1, -0.05) is 54.6 Å². The fourth-order valence-electron chi connectivity index (χ4n) is 2.93. The summed E-state index contributed by atoms with van der Waals surface area (Å²) >= 11 is 0. The molecule has 0 aliphatic rings. The van der Waals surface area contributed by atoms with Gasteiger partial charge in [0.1, 0.15) is 18.7 Å². The Balaban J connectivity index is 1.96. The Morgan fingerprint density at radius 2 is 1.57 bits per heavy atom. The van der Waals surface area contributed by atoms with Crippen LogP contribution in [-0.2, 0) is 20.8 Å². The van der Waals surface area contributed by atoms with Crippen molar-refractivity contribution in [3.8, 4) is 11.1 Å². The number of ketones is 1. The van der Waals surface area contributed by atoms with Gasteiger partial charge < -0.3 is 26.6 Å². The minimum Gasteiger partial charge on any atom is -0.391 e. The average molecular weight is 413 g/mol. The van der Waals surface area contributed by atoms with Crippen molar-refractivity contribution in [1.29, 1.82) is 0 Å². The zero-order valence-corrected chi connectivity index (χ0v) is 16.7. The van der Waals surface area contributed by atoms with E-state index in [1.165, 1.54) is 6.92 Å². The predicted octanol–water partition coefficient (Wildman–Crippen LogP) is -0.233. The minimum atomic E-state index is -1.28. The number of hydrogen-bond acceptors (Lipinski definition) is 6. The van der Waals surface area contributed by atoms with E-state index in [-0.39, 0.29) is 13.0 Å². The number of nitrogens with two attached hydrogens (primary N) is 1. The van der Waals surface area contributed by atoms with E-state index < -0.39 is 42.4 Å².